The predicted octanol–water partition coefficient (Wildman–Crippen LogP) is 4.30. The summed E-state index contributed by atoms with van der Waals surface area (Å²) in [5.74, 6) is 0.918. The Bertz CT molecular complexity index is 920. The van der Waals surface area contributed by atoms with Crippen molar-refractivity contribution < 1.29 is 4.79 Å². The van der Waals surface area contributed by atoms with Crippen molar-refractivity contribution >= 4 is 23.0 Å². The van der Waals surface area contributed by atoms with E-state index < -0.39 is 0 Å². The molecule has 0 unspecified atom stereocenters. The zero-order chi connectivity index (χ0) is 18.5. The number of nitrogens with one attached hydrogen (secondary N) is 1. The fourth-order valence-electron chi connectivity index (χ4n) is 3.05. The van der Waals surface area contributed by atoms with E-state index in [-0.39, 0.29) is 5.91 Å². The Morgan fingerprint density at radius 3 is 2.62 bits per heavy atom. The Balaban J connectivity index is 1.61. The molecule has 1 aromatic heterocycles. The highest BCUT2D eigenvalue weighted by atomic mass is 16.1. The van der Waals surface area contributed by atoms with Crippen LogP contribution in [0.3, 0.4) is 0 Å². The molecule has 0 aliphatic carbocycles. The molecule has 1 N–H and O–H groups in total. The van der Waals surface area contributed by atoms with Crippen LogP contribution in [-0.2, 0) is 11.2 Å². The molecule has 0 saturated carbocycles. The summed E-state index contributed by atoms with van der Waals surface area (Å²) >= 11 is 0. The number of para-hydroxylation sites is 2. The van der Waals surface area contributed by atoms with Crippen molar-refractivity contribution in [3.05, 3.63) is 71.6 Å². The van der Waals surface area contributed by atoms with Crippen molar-refractivity contribution in [2.75, 3.05) is 6.54 Å². The molecule has 1 heterocycles. The maximum absolute atomic E-state index is 12.0. The SMILES string of the molecule is Cc1ccc(/C=C/C(=O)NCCc2nc3ccccc3n2C(C)C)cc1. The van der Waals surface area contributed by atoms with E-state index in [1.807, 2.05) is 55.5 Å². The number of fused-ring (bicyclic) bond motifs is 1. The lowest BCUT2D eigenvalue weighted by molar-refractivity contribution is -0.116. The zero-order valence-corrected chi connectivity index (χ0v) is 15.6. The van der Waals surface area contributed by atoms with E-state index >= 15 is 0 Å². The van der Waals surface area contributed by atoms with Crippen LogP contribution < -0.4 is 5.32 Å². The van der Waals surface area contributed by atoms with Crippen LogP contribution in [0.5, 0.6) is 0 Å². The van der Waals surface area contributed by atoms with Crippen molar-refractivity contribution in [2.24, 2.45) is 0 Å². The lowest BCUT2D eigenvalue weighted by atomic mass is 10.1. The van der Waals surface area contributed by atoms with Gasteiger partial charge >= 0.3 is 0 Å². The van der Waals surface area contributed by atoms with Crippen molar-refractivity contribution in [1.29, 1.82) is 0 Å². The largest absolute Gasteiger partial charge is 0.352 e. The van der Waals surface area contributed by atoms with Crippen LogP contribution in [0.1, 0.15) is 36.8 Å². The number of aromatic nitrogens is 2. The minimum absolute atomic E-state index is 0.0854. The summed E-state index contributed by atoms with van der Waals surface area (Å²) in [6.45, 7) is 6.92. The fourth-order valence-corrected chi connectivity index (χ4v) is 3.05. The summed E-state index contributed by atoms with van der Waals surface area (Å²) in [5, 5.41) is 2.94. The van der Waals surface area contributed by atoms with Crippen LogP contribution in [-0.4, -0.2) is 22.0 Å². The minimum Gasteiger partial charge on any atom is -0.352 e. The molecule has 0 bridgehead atoms. The monoisotopic (exact) mass is 347 g/mol. The molecule has 3 rings (SSSR count). The van der Waals surface area contributed by atoms with E-state index in [4.69, 9.17) is 4.98 Å². The van der Waals surface area contributed by atoms with Gasteiger partial charge in [-0.05, 0) is 44.5 Å². The van der Waals surface area contributed by atoms with Crippen LogP contribution in [0.2, 0.25) is 0 Å². The van der Waals surface area contributed by atoms with Gasteiger partial charge in [-0.15, -0.1) is 0 Å². The topological polar surface area (TPSA) is 46.9 Å². The number of hydrogen-bond acceptors (Lipinski definition) is 2. The van der Waals surface area contributed by atoms with Gasteiger partial charge in [-0.2, -0.15) is 0 Å². The second-order valence-corrected chi connectivity index (χ2v) is 6.77. The first-order valence-electron chi connectivity index (χ1n) is 9.03. The number of carbonyl (C=O) groups excluding carboxylic acids is 1. The van der Waals surface area contributed by atoms with Crippen LogP contribution in [0.25, 0.3) is 17.1 Å². The first-order valence-corrected chi connectivity index (χ1v) is 9.03. The summed E-state index contributed by atoms with van der Waals surface area (Å²) in [4.78, 5) is 16.8. The van der Waals surface area contributed by atoms with Gasteiger partial charge in [0.05, 0.1) is 11.0 Å². The average molecular weight is 347 g/mol. The molecule has 0 aliphatic rings. The Labute approximate surface area is 154 Å². The third-order valence-electron chi connectivity index (χ3n) is 4.34. The molecule has 3 aromatic rings. The molecule has 0 spiro atoms. The van der Waals surface area contributed by atoms with E-state index in [9.17, 15) is 4.79 Å². The standard InChI is InChI=1S/C22H25N3O/c1-16(2)25-20-7-5-4-6-19(20)24-21(25)14-15-23-22(26)13-12-18-10-8-17(3)9-11-18/h4-13,16H,14-15H2,1-3H3,(H,23,26)/b13-12+. The molecular formula is C22H25N3O. The molecule has 1 amide bonds. The molecule has 0 atom stereocenters. The van der Waals surface area contributed by atoms with Gasteiger partial charge in [0.15, 0.2) is 0 Å². The smallest absolute Gasteiger partial charge is 0.244 e. The molecule has 0 fully saturated rings. The van der Waals surface area contributed by atoms with Gasteiger partial charge in [-0.3, -0.25) is 4.79 Å². The quantitative estimate of drug-likeness (QED) is 0.676. The summed E-state index contributed by atoms with van der Waals surface area (Å²) in [7, 11) is 0. The third-order valence-corrected chi connectivity index (χ3v) is 4.34. The van der Waals surface area contributed by atoms with Crippen LogP contribution in [0, 0.1) is 6.92 Å². The number of imidazole rings is 1. The normalized spacial score (nSPS) is 11.5. The summed E-state index contributed by atoms with van der Waals surface area (Å²) < 4.78 is 2.24. The maximum atomic E-state index is 12.0. The molecule has 134 valence electrons. The molecule has 26 heavy (non-hydrogen) atoms. The van der Waals surface area contributed by atoms with E-state index in [0.717, 1.165) is 22.4 Å². The third kappa shape index (κ3) is 4.20. The van der Waals surface area contributed by atoms with Gasteiger partial charge in [0, 0.05) is 25.1 Å². The number of amides is 1. The molecule has 0 radical (unpaired) electrons. The molecule has 0 aliphatic heterocycles. The van der Waals surface area contributed by atoms with E-state index in [2.05, 4.69) is 29.8 Å². The molecule has 4 heteroatoms. The van der Waals surface area contributed by atoms with Crippen molar-refractivity contribution in [1.82, 2.24) is 14.9 Å². The molecular weight excluding hydrogens is 322 g/mol. The van der Waals surface area contributed by atoms with Crippen LogP contribution >= 0.6 is 0 Å². The predicted molar refractivity (Wildman–Crippen MR) is 107 cm³/mol. The zero-order valence-electron chi connectivity index (χ0n) is 15.6. The van der Waals surface area contributed by atoms with E-state index in [1.165, 1.54) is 5.56 Å². The lowest BCUT2D eigenvalue weighted by Crippen LogP contribution is -2.24. The first-order chi connectivity index (χ1) is 12.5. The van der Waals surface area contributed by atoms with Crippen molar-refractivity contribution in [3.63, 3.8) is 0 Å². The van der Waals surface area contributed by atoms with E-state index in [0.29, 0.717) is 19.0 Å². The Hall–Kier alpha value is -2.88. The fraction of sp³-hybridized carbons (Fsp3) is 0.273. The number of rotatable bonds is 6. The van der Waals surface area contributed by atoms with Gasteiger partial charge in [-0.1, -0.05) is 42.0 Å². The first kappa shape index (κ1) is 17.9. The number of nitrogens with zero attached hydrogens (tertiary/aromatic N) is 2. The number of carbonyl (C=O) groups is 1. The highest BCUT2D eigenvalue weighted by molar-refractivity contribution is 5.91. The summed E-state index contributed by atoms with van der Waals surface area (Å²) in [5.41, 5.74) is 4.37. The highest BCUT2D eigenvalue weighted by Crippen LogP contribution is 2.21. The summed E-state index contributed by atoms with van der Waals surface area (Å²) in [6.07, 6.45) is 4.12. The van der Waals surface area contributed by atoms with Gasteiger partial charge in [0.2, 0.25) is 5.91 Å². The Morgan fingerprint density at radius 1 is 1.15 bits per heavy atom. The lowest BCUT2D eigenvalue weighted by Gasteiger charge is -2.13. The van der Waals surface area contributed by atoms with Gasteiger partial charge in [0.1, 0.15) is 5.82 Å². The van der Waals surface area contributed by atoms with E-state index in [1.54, 1.807) is 6.08 Å². The summed E-state index contributed by atoms with van der Waals surface area (Å²) in [6, 6.07) is 16.6. The number of hydrogen-bond donors (Lipinski definition) is 1. The van der Waals surface area contributed by atoms with Gasteiger partial charge in [0.25, 0.3) is 0 Å². The molecule has 4 nitrogen and oxygen atoms in total. The van der Waals surface area contributed by atoms with Crippen LogP contribution in [0.15, 0.2) is 54.6 Å². The van der Waals surface area contributed by atoms with Gasteiger partial charge in [-0.25, -0.2) is 4.98 Å². The van der Waals surface area contributed by atoms with Crippen LogP contribution in [0.4, 0.5) is 0 Å². The second-order valence-electron chi connectivity index (χ2n) is 6.77. The average Bonchev–Trinajstić information content (AvgIpc) is 2.99. The minimum atomic E-state index is -0.0854. The Morgan fingerprint density at radius 2 is 1.88 bits per heavy atom. The Kier molecular flexibility index (Phi) is 5.52. The number of benzene rings is 2. The molecule has 0 saturated heterocycles. The number of aryl methyl sites for hydroxylation is 1. The second kappa shape index (κ2) is 8.00. The molecule has 2 aromatic carbocycles. The van der Waals surface area contributed by atoms with Crippen molar-refractivity contribution in [2.45, 2.75) is 33.2 Å². The highest BCUT2D eigenvalue weighted by Gasteiger charge is 2.12. The van der Waals surface area contributed by atoms with Gasteiger partial charge < -0.3 is 9.88 Å². The maximum Gasteiger partial charge on any atom is 0.244 e. The van der Waals surface area contributed by atoms with Crippen molar-refractivity contribution in [3.8, 4) is 0 Å².